The first-order valence-corrected chi connectivity index (χ1v) is 8.19. The number of nitrogens with one attached hydrogen (secondary N) is 1. The van der Waals surface area contributed by atoms with Gasteiger partial charge in [-0.15, -0.1) is 0 Å². The fourth-order valence-corrected chi connectivity index (χ4v) is 3.83. The molecule has 1 N–H and O–H groups in total. The van der Waals surface area contributed by atoms with Crippen LogP contribution in [0.4, 0.5) is 0 Å². The number of amides is 1. The largest absolute Gasteiger partial charge is 0.384 e. The molecule has 0 aromatic heterocycles. The Bertz CT molecular complexity index is 566. The van der Waals surface area contributed by atoms with E-state index in [-0.39, 0.29) is 24.0 Å². The third kappa shape index (κ3) is 3.11. The van der Waals surface area contributed by atoms with Crippen LogP contribution in [-0.2, 0) is 20.7 Å². The molecule has 1 saturated carbocycles. The number of methoxy groups -OCH3 is 1. The van der Waals surface area contributed by atoms with Crippen molar-refractivity contribution >= 4 is 29.1 Å². The lowest BCUT2D eigenvalue weighted by molar-refractivity contribution is -0.129. The quantitative estimate of drug-likeness (QED) is 0.894. The van der Waals surface area contributed by atoms with Crippen molar-refractivity contribution < 1.29 is 14.3 Å². The van der Waals surface area contributed by atoms with Crippen molar-refractivity contribution in [2.75, 3.05) is 20.3 Å². The molecule has 6 heteroatoms. The number of halogens is 2. The van der Waals surface area contributed by atoms with Crippen molar-refractivity contribution in [1.82, 2.24) is 5.32 Å². The first kappa shape index (κ1) is 16.1. The number of carbonyl (C=O) groups is 1. The van der Waals surface area contributed by atoms with Gasteiger partial charge in [0.25, 0.3) is 0 Å². The Morgan fingerprint density at radius 1 is 1.41 bits per heavy atom. The summed E-state index contributed by atoms with van der Waals surface area (Å²) in [6.45, 7) is 1.38. The molecule has 120 valence electrons. The first-order chi connectivity index (χ1) is 10.6. The van der Waals surface area contributed by atoms with Crippen molar-refractivity contribution in [3.63, 3.8) is 0 Å². The fourth-order valence-electron chi connectivity index (χ4n) is 3.51. The average Bonchev–Trinajstić information content (AvgIpc) is 2.91. The summed E-state index contributed by atoms with van der Waals surface area (Å²) in [4.78, 5) is 12.3. The molecule has 1 aliphatic heterocycles. The van der Waals surface area contributed by atoms with Crippen molar-refractivity contribution in [2.45, 2.75) is 25.0 Å². The molecule has 0 unspecified atom stereocenters. The van der Waals surface area contributed by atoms with E-state index in [1.165, 1.54) is 0 Å². The smallest absolute Gasteiger partial charge is 0.224 e. The Balaban J connectivity index is 1.60. The normalized spacial score (nSPS) is 29.8. The molecule has 1 amide bonds. The van der Waals surface area contributed by atoms with Crippen molar-refractivity contribution in [3.05, 3.63) is 33.8 Å². The Hall–Kier alpha value is -0.810. The van der Waals surface area contributed by atoms with Gasteiger partial charge in [0, 0.05) is 31.6 Å². The molecule has 1 heterocycles. The molecule has 0 radical (unpaired) electrons. The Kier molecular flexibility index (Phi) is 4.93. The molecule has 0 bridgehead atoms. The molecule has 1 aliphatic carbocycles. The maximum atomic E-state index is 12.3. The highest BCUT2D eigenvalue weighted by molar-refractivity contribution is 6.42. The van der Waals surface area contributed by atoms with E-state index in [0.717, 1.165) is 18.6 Å². The predicted molar refractivity (Wildman–Crippen MR) is 85.3 cm³/mol. The second-order valence-corrected chi connectivity index (χ2v) is 6.74. The summed E-state index contributed by atoms with van der Waals surface area (Å²) >= 11 is 11.9. The molecule has 0 spiro atoms. The number of hydrogen-bond acceptors (Lipinski definition) is 3. The van der Waals surface area contributed by atoms with Gasteiger partial charge in [-0.05, 0) is 24.1 Å². The van der Waals surface area contributed by atoms with Gasteiger partial charge in [-0.25, -0.2) is 0 Å². The Morgan fingerprint density at radius 3 is 2.95 bits per heavy atom. The van der Waals surface area contributed by atoms with Gasteiger partial charge in [-0.2, -0.15) is 0 Å². The minimum absolute atomic E-state index is 0.00478. The van der Waals surface area contributed by atoms with Crippen LogP contribution in [0.15, 0.2) is 18.2 Å². The molecule has 22 heavy (non-hydrogen) atoms. The van der Waals surface area contributed by atoms with E-state index in [1.807, 2.05) is 6.07 Å². The summed E-state index contributed by atoms with van der Waals surface area (Å²) in [5.41, 5.74) is 0.855. The maximum Gasteiger partial charge on any atom is 0.224 e. The third-order valence-electron chi connectivity index (χ3n) is 4.56. The highest BCUT2D eigenvalue weighted by atomic mass is 35.5. The summed E-state index contributed by atoms with van der Waals surface area (Å²) in [5, 5.41) is 4.10. The van der Waals surface area contributed by atoms with E-state index in [9.17, 15) is 4.79 Å². The second kappa shape index (κ2) is 6.75. The molecule has 1 saturated heterocycles. The Morgan fingerprint density at radius 2 is 2.23 bits per heavy atom. The van der Waals surface area contributed by atoms with E-state index in [1.54, 1.807) is 19.2 Å². The van der Waals surface area contributed by atoms with Crippen LogP contribution >= 0.6 is 23.2 Å². The summed E-state index contributed by atoms with van der Waals surface area (Å²) < 4.78 is 11.0. The van der Waals surface area contributed by atoms with Gasteiger partial charge in [0.1, 0.15) is 0 Å². The van der Waals surface area contributed by atoms with Crippen LogP contribution in [0, 0.1) is 11.8 Å². The molecular weight excluding hydrogens is 325 g/mol. The van der Waals surface area contributed by atoms with E-state index >= 15 is 0 Å². The SMILES string of the molecule is COC[C@H]1[C@@H](NC(=O)Cc2ccc(Cl)c(Cl)c2)[C@H]2CCO[C@H]21. The number of ether oxygens (including phenoxy) is 2. The fraction of sp³-hybridized carbons (Fsp3) is 0.562. The van der Waals surface area contributed by atoms with Crippen LogP contribution in [0.25, 0.3) is 0 Å². The van der Waals surface area contributed by atoms with Crippen LogP contribution in [-0.4, -0.2) is 38.4 Å². The van der Waals surface area contributed by atoms with Crippen LogP contribution in [0.3, 0.4) is 0 Å². The van der Waals surface area contributed by atoms with Crippen LogP contribution in [0.1, 0.15) is 12.0 Å². The predicted octanol–water partition coefficient (Wildman–Crippen LogP) is 2.70. The zero-order valence-corrected chi connectivity index (χ0v) is 13.9. The highest BCUT2D eigenvalue weighted by Crippen LogP contribution is 2.43. The lowest BCUT2D eigenvalue weighted by atomic mass is 9.67. The standard InChI is InChI=1S/C16H19Cl2NO3/c1-21-8-11-15(10-4-5-22-16(10)11)19-14(20)7-9-2-3-12(17)13(18)6-9/h2-3,6,10-11,15-16H,4-5,7-8H2,1H3,(H,19,20)/t10-,11+,15+,16-/m1/s1. The van der Waals surface area contributed by atoms with E-state index in [2.05, 4.69) is 5.32 Å². The van der Waals surface area contributed by atoms with Crippen molar-refractivity contribution in [3.8, 4) is 0 Å². The molecule has 3 rings (SSSR count). The highest BCUT2D eigenvalue weighted by Gasteiger charge is 2.54. The second-order valence-electron chi connectivity index (χ2n) is 5.93. The summed E-state index contributed by atoms with van der Waals surface area (Å²) in [5.74, 6) is 0.656. The minimum atomic E-state index is -0.00478. The van der Waals surface area contributed by atoms with Crippen LogP contribution in [0.5, 0.6) is 0 Å². The van der Waals surface area contributed by atoms with Gasteiger partial charge in [-0.1, -0.05) is 29.3 Å². The lowest BCUT2D eigenvalue weighted by Gasteiger charge is -2.47. The number of rotatable bonds is 5. The van der Waals surface area contributed by atoms with E-state index in [4.69, 9.17) is 32.7 Å². The third-order valence-corrected chi connectivity index (χ3v) is 5.30. The average molecular weight is 344 g/mol. The monoisotopic (exact) mass is 343 g/mol. The molecule has 4 atom stereocenters. The maximum absolute atomic E-state index is 12.3. The number of hydrogen-bond donors (Lipinski definition) is 1. The van der Waals surface area contributed by atoms with Gasteiger partial charge < -0.3 is 14.8 Å². The number of fused-ring (bicyclic) bond motifs is 1. The summed E-state index contributed by atoms with van der Waals surface area (Å²) in [6.07, 6.45) is 1.53. The summed E-state index contributed by atoms with van der Waals surface area (Å²) in [7, 11) is 1.68. The molecule has 4 nitrogen and oxygen atoms in total. The first-order valence-electron chi connectivity index (χ1n) is 7.44. The van der Waals surface area contributed by atoms with Gasteiger partial charge in [0.2, 0.25) is 5.91 Å². The minimum Gasteiger partial charge on any atom is -0.384 e. The molecule has 2 fully saturated rings. The van der Waals surface area contributed by atoms with Crippen LogP contribution < -0.4 is 5.32 Å². The molecule has 1 aromatic rings. The van der Waals surface area contributed by atoms with Crippen molar-refractivity contribution in [1.29, 1.82) is 0 Å². The van der Waals surface area contributed by atoms with Crippen LogP contribution in [0.2, 0.25) is 10.0 Å². The van der Waals surface area contributed by atoms with Gasteiger partial charge >= 0.3 is 0 Å². The van der Waals surface area contributed by atoms with E-state index < -0.39 is 0 Å². The summed E-state index contributed by atoms with van der Waals surface area (Å²) in [6, 6.07) is 5.41. The molecule has 2 aliphatic rings. The topological polar surface area (TPSA) is 47.6 Å². The van der Waals surface area contributed by atoms with E-state index in [0.29, 0.717) is 29.0 Å². The zero-order chi connectivity index (χ0) is 15.7. The van der Waals surface area contributed by atoms with Gasteiger partial charge in [0.15, 0.2) is 0 Å². The number of carbonyl (C=O) groups excluding carboxylic acids is 1. The van der Waals surface area contributed by atoms with Crippen molar-refractivity contribution in [2.24, 2.45) is 11.8 Å². The van der Waals surface area contributed by atoms with Gasteiger partial charge in [0.05, 0.1) is 29.2 Å². The van der Waals surface area contributed by atoms with Gasteiger partial charge in [-0.3, -0.25) is 4.79 Å². The zero-order valence-electron chi connectivity index (χ0n) is 12.4. The lowest BCUT2D eigenvalue weighted by Crippen LogP contribution is -2.62. The number of benzene rings is 1. The molecule has 1 aromatic carbocycles. The molecular formula is C16H19Cl2NO3. The Labute approximate surface area is 140 Å².